The summed E-state index contributed by atoms with van der Waals surface area (Å²) in [5.74, 6) is -0.398. The third-order valence-corrected chi connectivity index (χ3v) is 2.11. The number of carbonyl (C=O) groups is 1. The third-order valence-electron chi connectivity index (χ3n) is 1.65. The van der Waals surface area contributed by atoms with Crippen molar-refractivity contribution in [1.82, 2.24) is 0 Å². The van der Waals surface area contributed by atoms with Crippen molar-refractivity contribution >= 4 is 29.2 Å². The van der Waals surface area contributed by atoms with Gasteiger partial charge in [0.15, 0.2) is 6.10 Å². The molecule has 1 rings (SSSR count). The minimum atomic E-state index is -0.763. The third kappa shape index (κ3) is 3.20. The summed E-state index contributed by atoms with van der Waals surface area (Å²) in [6.07, 6.45) is -0.600. The second-order valence-corrected chi connectivity index (χ2v) is 3.94. The molecule has 0 aromatic heterocycles. The number of halogens is 2. The molecule has 0 fully saturated rings. The van der Waals surface area contributed by atoms with Crippen molar-refractivity contribution < 1.29 is 9.53 Å². The molecule has 1 unspecified atom stereocenters. The number of hydrogen-bond acceptors (Lipinski definition) is 2. The first-order valence-electron chi connectivity index (χ1n) is 4.11. The van der Waals surface area contributed by atoms with Crippen molar-refractivity contribution in [1.29, 1.82) is 0 Å². The Morgan fingerprint density at radius 2 is 1.86 bits per heavy atom. The molecule has 0 aliphatic rings. The van der Waals surface area contributed by atoms with Gasteiger partial charge in [0.25, 0.3) is 0 Å². The van der Waals surface area contributed by atoms with Gasteiger partial charge in [0.2, 0.25) is 0 Å². The molecule has 0 saturated carbocycles. The van der Waals surface area contributed by atoms with Crippen LogP contribution in [0.5, 0.6) is 0 Å². The molecule has 0 spiro atoms. The molecule has 1 aromatic rings. The first kappa shape index (κ1) is 11.3. The largest absolute Gasteiger partial charge is 0.455 e. The quantitative estimate of drug-likeness (QED) is 0.592. The summed E-state index contributed by atoms with van der Waals surface area (Å²) >= 11 is 11.4. The molecule has 0 aliphatic carbocycles. The second-order valence-electron chi connectivity index (χ2n) is 2.78. The van der Waals surface area contributed by atoms with Gasteiger partial charge in [-0.2, -0.15) is 0 Å². The summed E-state index contributed by atoms with van der Waals surface area (Å²) in [6, 6.07) is 9.16. The molecule has 0 saturated heterocycles. The zero-order valence-electron chi connectivity index (χ0n) is 7.61. The predicted octanol–water partition coefficient (Wildman–Crippen LogP) is 3.09. The highest BCUT2D eigenvalue weighted by molar-refractivity contribution is 6.44. The Labute approximate surface area is 92.8 Å². The van der Waals surface area contributed by atoms with Crippen LogP contribution in [-0.2, 0) is 9.53 Å². The lowest BCUT2D eigenvalue weighted by atomic mass is 10.1. The van der Waals surface area contributed by atoms with E-state index in [0.29, 0.717) is 0 Å². The Balaban J connectivity index is 2.83. The molecular formula is C10H10Cl2O2. The lowest BCUT2D eigenvalue weighted by molar-refractivity contribution is -0.146. The van der Waals surface area contributed by atoms with Gasteiger partial charge in [-0.3, -0.25) is 4.79 Å². The lowest BCUT2D eigenvalue weighted by Gasteiger charge is -2.17. The molecule has 76 valence electrons. The first-order valence-corrected chi connectivity index (χ1v) is 4.99. The Hall–Kier alpha value is -0.730. The van der Waals surface area contributed by atoms with E-state index >= 15 is 0 Å². The fourth-order valence-electron chi connectivity index (χ4n) is 1.09. The van der Waals surface area contributed by atoms with Gasteiger partial charge in [0.1, 0.15) is 4.84 Å². The first-order chi connectivity index (χ1) is 6.61. The van der Waals surface area contributed by atoms with Gasteiger partial charge in [-0.05, 0) is 5.56 Å². The van der Waals surface area contributed by atoms with E-state index in [4.69, 9.17) is 27.9 Å². The standard InChI is InChI=1S/C10H10Cl2O2/c1-7(13)14-9(10(11)12)8-5-3-2-4-6-8/h2-6,9-10H,1H3. The van der Waals surface area contributed by atoms with E-state index < -0.39 is 16.9 Å². The average molecular weight is 233 g/mol. The molecule has 1 aromatic carbocycles. The van der Waals surface area contributed by atoms with Crippen molar-refractivity contribution in [3.05, 3.63) is 35.9 Å². The molecule has 0 heterocycles. The zero-order chi connectivity index (χ0) is 10.6. The van der Waals surface area contributed by atoms with Crippen LogP contribution in [0.3, 0.4) is 0 Å². The maximum absolute atomic E-state index is 10.8. The number of carbonyl (C=O) groups excluding carboxylic acids is 1. The minimum absolute atomic E-state index is 0.398. The summed E-state index contributed by atoms with van der Waals surface area (Å²) in [6.45, 7) is 1.33. The van der Waals surface area contributed by atoms with Crippen molar-refractivity contribution in [3.8, 4) is 0 Å². The van der Waals surface area contributed by atoms with Gasteiger partial charge in [0, 0.05) is 6.92 Å². The number of esters is 1. The van der Waals surface area contributed by atoms with Crippen LogP contribution in [0.15, 0.2) is 30.3 Å². The topological polar surface area (TPSA) is 26.3 Å². The molecule has 0 bridgehead atoms. The predicted molar refractivity (Wildman–Crippen MR) is 56.4 cm³/mol. The summed E-state index contributed by atoms with van der Waals surface area (Å²) < 4.78 is 5.00. The molecular weight excluding hydrogens is 223 g/mol. The molecule has 1 atom stereocenters. The van der Waals surface area contributed by atoms with E-state index in [9.17, 15) is 4.79 Å². The highest BCUT2D eigenvalue weighted by Crippen LogP contribution is 2.27. The minimum Gasteiger partial charge on any atom is -0.455 e. The normalized spacial score (nSPS) is 12.6. The van der Waals surface area contributed by atoms with Crippen LogP contribution in [0.2, 0.25) is 0 Å². The number of ether oxygens (including phenoxy) is 1. The van der Waals surface area contributed by atoms with Crippen LogP contribution < -0.4 is 0 Å². The van der Waals surface area contributed by atoms with E-state index in [1.165, 1.54) is 6.92 Å². The van der Waals surface area contributed by atoms with E-state index in [1.54, 1.807) is 0 Å². The van der Waals surface area contributed by atoms with Crippen molar-refractivity contribution in [3.63, 3.8) is 0 Å². The van der Waals surface area contributed by atoms with Crippen LogP contribution in [0, 0.1) is 0 Å². The van der Waals surface area contributed by atoms with Gasteiger partial charge >= 0.3 is 5.97 Å². The lowest BCUT2D eigenvalue weighted by Crippen LogP contribution is -2.14. The smallest absolute Gasteiger partial charge is 0.303 e. The summed E-state index contributed by atoms with van der Waals surface area (Å²) in [4.78, 5) is 10.0. The van der Waals surface area contributed by atoms with E-state index in [2.05, 4.69) is 0 Å². The fourth-order valence-corrected chi connectivity index (χ4v) is 1.48. The molecule has 0 amide bonds. The summed E-state index contributed by atoms with van der Waals surface area (Å²) in [5.41, 5.74) is 0.790. The van der Waals surface area contributed by atoms with E-state index in [0.717, 1.165) is 5.56 Å². The number of benzene rings is 1. The molecule has 4 heteroatoms. The monoisotopic (exact) mass is 232 g/mol. The number of rotatable bonds is 3. The second kappa shape index (κ2) is 5.23. The molecule has 0 N–H and O–H groups in total. The van der Waals surface area contributed by atoms with Crippen LogP contribution in [-0.4, -0.2) is 10.8 Å². The van der Waals surface area contributed by atoms with Gasteiger partial charge in [-0.25, -0.2) is 0 Å². The molecule has 0 aliphatic heterocycles. The highest BCUT2D eigenvalue weighted by atomic mass is 35.5. The zero-order valence-corrected chi connectivity index (χ0v) is 9.13. The Morgan fingerprint density at radius 1 is 1.29 bits per heavy atom. The van der Waals surface area contributed by atoms with Crippen LogP contribution in [0.1, 0.15) is 18.6 Å². The van der Waals surface area contributed by atoms with Crippen molar-refractivity contribution in [2.45, 2.75) is 17.9 Å². The van der Waals surface area contributed by atoms with E-state index in [-0.39, 0.29) is 0 Å². The highest BCUT2D eigenvalue weighted by Gasteiger charge is 2.21. The van der Waals surface area contributed by atoms with Gasteiger partial charge in [0.05, 0.1) is 0 Å². The molecule has 14 heavy (non-hydrogen) atoms. The Bertz CT molecular complexity index is 298. The van der Waals surface area contributed by atoms with Crippen LogP contribution in [0.4, 0.5) is 0 Å². The SMILES string of the molecule is CC(=O)OC(c1ccccc1)C(Cl)Cl. The van der Waals surface area contributed by atoms with Crippen LogP contribution >= 0.6 is 23.2 Å². The number of hydrogen-bond donors (Lipinski definition) is 0. The Morgan fingerprint density at radius 3 is 2.29 bits per heavy atom. The van der Waals surface area contributed by atoms with Gasteiger partial charge in [-0.15, -0.1) is 23.2 Å². The maximum Gasteiger partial charge on any atom is 0.303 e. The maximum atomic E-state index is 10.8. The van der Waals surface area contributed by atoms with E-state index in [1.807, 2.05) is 30.3 Å². The Kier molecular flexibility index (Phi) is 4.23. The molecule has 0 radical (unpaired) electrons. The van der Waals surface area contributed by atoms with Crippen molar-refractivity contribution in [2.24, 2.45) is 0 Å². The van der Waals surface area contributed by atoms with Crippen LogP contribution in [0.25, 0.3) is 0 Å². The summed E-state index contributed by atoms with van der Waals surface area (Å²) in [7, 11) is 0. The average Bonchev–Trinajstić information content (AvgIpc) is 2.15. The van der Waals surface area contributed by atoms with Gasteiger partial charge < -0.3 is 4.74 Å². The fraction of sp³-hybridized carbons (Fsp3) is 0.300. The molecule has 2 nitrogen and oxygen atoms in total. The van der Waals surface area contributed by atoms with Gasteiger partial charge in [-0.1, -0.05) is 30.3 Å². The number of alkyl halides is 2. The van der Waals surface area contributed by atoms with Crippen molar-refractivity contribution in [2.75, 3.05) is 0 Å². The summed E-state index contributed by atoms with van der Waals surface area (Å²) in [5, 5.41) is 0.